The lowest BCUT2D eigenvalue weighted by Crippen LogP contribution is -2.45. The molecule has 0 fully saturated rings. The van der Waals surface area contributed by atoms with E-state index in [1.54, 1.807) is 63.2 Å². The van der Waals surface area contributed by atoms with Crippen LogP contribution in [0.3, 0.4) is 0 Å². The van der Waals surface area contributed by atoms with Crippen molar-refractivity contribution in [3.8, 4) is 5.75 Å². The van der Waals surface area contributed by atoms with E-state index in [1.165, 1.54) is 6.92 Å². The first-order valence-electron chi connectivity index (χ1n) is 14.1. The molecule has 44 heavy (non-hydrogen) atoms. The van der Waals surface area contributed by atoms with Gasteiger partial charge >= 0.3 is 5.97 Å². The minimum atomic E-state index is -1.94. The third-order valence-electron chi connectivity index (χ3n) is 7.26. The average Bonchev–Trinajstić information content (AvgIpc) is 3.42. The smallest absolute Gasteiger partial charge is 0.320 e. The van der Waals surface area contributed by atoms with E-state index in [1.807, 2.05) is 30.3 Å². The SMILES string of the molecule is CC(=O)C(CCn1nnc2ccccc2c1=O)(CC(=O)c1onc2cc(OCc3ccccc3)ccc12)C(=O)OC(C)(C)C. The highest BCUT2D eigenvalue weighted by molar-refractivity contribution is 6.11. The second kappa shape index (κ2) is 12.2. The second-order valence-electron chi connectivity index (χ2n) is 11.6. The number of aromatic nitrogens is 4. The van der Waals surface area contributed by atoms with Crippen LogP contribution >= 0.6 is 0 Å². The fourth-order valence-corrected chi connectivity index (χ4v) is 4.86. The molecule has 0 bridgehead atoms. The van der Waals surface area contributed by atoms with E-state index >= 15 is 0 Å². The first-order valence-corrected chi connectivity index (χ1v) is 14.1. The van der Waals surface area contributed by atoms with Crippen molar-refractivity contribution < 1.29 is 28.4 Å². The number of ketones is 2. The second-order valence-corrected chi connectivity index (χ2v) is 11.6. The van der Waals surface area contributed by atoms with Crippen LogP contribution in [0.5, 0.6) is 5.75 Å². The molecule has 0 N–H and O–H groups in total. The maximum Gasteiger partial charge on any atom is 0.320 e. The predicted molar refractivity (Wildman–Crippen MR) is 161 cm³/mol. The number of aryl methyl sites for hydroxylation is 1. The summed E-state index contributed by atoms with van der Waals surface area (Å²) in [4.78, 5) is 53.8. The van der Waals surface area contributed by atoms with Crippen molar-refractivity contribution in [3.05, 3.63) is 94.5 Å². The van der Waals surface area contributed by atoms with Crippen molar-refractivity contribution in [1.29, 1.82) is 0 Å². The van der Waals surface area contributed by atoms with Crippen LogP contribution < -0.4 is 10.3 Å². The summed E-state index contributed by atoms with van der Waals surface area (Å²) in [5, 5.41) is 12.8. The molecule has 2 aromatic heterocycles. The zero-order valence-electron chi connectivity index (χ0n) is 24.9. The lowest BCUT2D eigenvalue weighted by Gasteiger charge is -2.32. The third-order valence-corrected chi connectivity index (χ3v) is 7.26. The molecule has 0 aliphatic rings. The summed E-state index contributed by atoms with van der Waals surface area (Å²) in [6.07, 6.45) is -0.803. The van der Waals surface area contributed by atoms with Gasteiger partial charge in [0.25, 0.3) is 5.56 Å². The van der Waals surface area contributed by atoms with Crippen molar-refractivity contribution in [2.75, 3.05) is 0 Å². The number of fused-ring (bicyclic) bond motifs is 2. The number of esters is 1. The van der Waals surface area contributed by atoms with Gasteiger partial charge in [0.15, 0.2) is 0 Å². The number of rotatable bonds is 11. The molecule has 226 valence electrons. The molecule has 2 heterocycles. The molecule has 5 rings (SSSR count). The predicted octanol–water partition coefficient (Wildman–Crippen LogP) is 5.09. The Balaban J connectivity index is 1.43. The van der Waals surface area contributed by atoms with E-state index in [9.17, 15) is 19.2 Å². The Morgan fingerprint density at radius 2 is 1.64 bits per heavy atom. The summed E-state index contributed by atoms with van der Waals surface area (Å²) in [6, 6.07) is 21.4. The van der Waals surface area contributed by atoms with Crippen molar-refractivity contribution in [2.45, 2.75) is 59.3 Å². The first-order chi connectivity index (χ1) is 21.0. The summed E-state index contributed by atoms with van der Waals surface area (Å²) in [6.45, 7) is 6.40. The number of benzene rings is 3. The molecular formula is C33H32N4O7. The van der Waals surface area contributed by atoms with Crippen LogP contribution in [0, 0.1) is 5.41 Å². The number of carbonyl (C=O) groups is 3. The molecule has 0 amide bonds. The van der Waals surface area contributed by atoms with E-state index in [2.05, 4.69) is 15.5 Å². The number of nitrogens with zero attached hydrogens (tertiary/aromatic N) is 4. The highest BCUT2D eigenvalue weighted by Gasteiger charge is 2.48. The van der Waals surface area contributed by atoms with Crippen LogP contribution in [0.15, 0.2) is 82.1 Å². The van der Waals surface area contributed by atoms with E-state index in [4.69, 9.17) is 14.0 Å². The molecule has 0 radical (unpaired) electrons. The zero-order chi connectivity index (χ0) is 31.5. The van der Waals surface area contributed by atoms with Gasteiger partial charge in [0.1, 0.15) is 40.2 Å². The molecule has 0 aliphatic carbocycles. The number of Topliss-reactive ketones (excluding diaryl/α,β-unsaturated/α-hetero) is 2. The van der Waals surface area contributed by atoms with Gasteiger partial charge in [0, 0.05) is 19.0 Å². The molecule has 1 atom stereocenters. The Morgan fingerprint density at radius 1 is 0.909 bits per heavy atom. The lowest BCUT2D eigenvalue weighted by molar-refractivity contribution is -0.170. The van der Waals surface area contributed by atoms with Crippen LogP contribution in [0.4, 0.5) is 0 Å². The monoisotopic (exact) mass is 596 g/mol. The van der Waals surface area contributed by atoms with Crippen LogP contribution in [0.25, 0.3) is 21.8 Å². The van der Waals surface area contributed by atoms with Gasteiger partial charge in [-0.3, -0.25) is 19.2 Å². The average molecular weight is 597 g/mol. The van der Waals surface area contributed by atoms with E-state index < -0.39 is 40.5 Å². The van der Waals surface area contributed by atoms with E-state index in [0.29, 0.717) is 34.2 Å². The van der Waals surface area contributed by atoms with Gasteiger partial charge in [-0.1, -0.05) is 52.8 Å². The molecule has 3 aromatic carbocycles. The Bertz CT molecular complexity index is 1910. The molecule has 0 saturated heterocycles. The van der Waals surface area contributed by atoms with Crippen LogP contribution in [0.1, 0.15) is 56.7 Å². The first kappa shape index (κ1) is 30.3. The third kappa shape index (κ3) is 6.41. The van der Waals surface area contributed by atoms with Crippen LogP contribution in [0.2, 0.25) is 0 Å². The summed E-state index contributed by atoms with van der Waals surface area (Å²) in [5.41, 5.74) is -1.54. The Morgan fingerprint density at radius 3 is 2.36 bits per heavy atom. The standard InChI is InChI=1S/C33H32N4O7/c1-21(38)33(31(41)43-32(2,3)4,16-17-37-30(40)25-12-8-9-13-26(25)34-36-37)19-28(39)29-24-15-14-23(18-27(24)35-44-29)42-20-22-10-6-5-7-11-22/h5-15,18H,16-17,19-20H2,1-4H3. The Kier molecular flexibility index (Phi) is 8.39. The van der Waals surface area contributed by atoms with Crippen molar-refractivity contribution in [2.24, 2.45) is 5.41 Å². The van der Waals surface area contributed by atoms with Gasteiger partial charge in [0.05, 0.1) is 10.8 Å². The maximum atomic E-state index is 13.7. The summed E-state index contributed by atoms with van der Waals surface area (Å²) in [5.74, 6) is -1.67. The van der Waals surface area contributed by atoms with Gasteiger partial charge in [-0.15, -0.1) is 5.10 Å². The molecule has 0 aliphatic heterocycles. The lowest BCUT2D eigenvalue weighted by atomic mass is 9.75. The topological polar surface area (TPSA) is 143 Å². The Labute approximate surface area is 252 Å². The molecular weight excluding hydrogens is 564 g/mol. The zero-order valence-corrected chi connectivity index (χ0v) is 24.9. The molecule has 5 aromatic rings. The van der Waals surface area contributed by atoms with Crippen molar-refractivity contribution in [1.82, 2.24) is 20.2 Å². The van der Waals surface area contributed by atoms with Crippen LogP contribution in [-0.2, 0) is 27.5 Å². The van der Waals surface area contributed by atoms with Crippen molar-refractivity contribution in [3.63, 3.8) is 0 Å². The Hall–Kier alpha value is -5.19. The molecule has 0 saturated carbocycles. The normalized spacial score (nSPS) is 13.0. The largest absolute Gasteiger partial charge is 0.489 e. The van der Waals surface area contributed by atoms with E-state index in [0.717, 1.165) is 10.2 Å². The van der Waals surface area contributed by atoms with Crippen molar-refractivity contribution >= 4 is 39.3 Å². The number of carbonyl (C=O) groups excluding carboxylic acids is 3. The highest BCUT2D eigenvalue weighted by Crippen LogP contribution is 2.35. The number of hydrogen-bond donors (Lipinski definition) is 0. The van der Waals surface area contributed by atoms with Gasteiger partial charge in [-0.2, -0.15) is 0 Å². The molecule has 0 spiro atoms. The summed E-state index contributed by atoms with van der Waals surface area (Å²) < 4.78 is 18.0. The van der Waals surface area contributed by atoms with Gasteiger partial charge in [-0.05, 0) is 63.9 Å². The maximum absolute atomic E-state index is 13.7. The highest BCUT2D eigenvalue weighted by atomic mass is 16.6. The number of hydrogen-bond acceptors (Lipinski definition) is 10. The van der Waals surface area contributed by atoms with Gasteiger partial charge in [0.2, 0.25) is 11.5 Å². The van der Waals surface area contributed by atoms with Gasteiger partial charge in [-0.25, -0.2) is 4.68 Å². The van der Waals surface area contributed by atoms with Crippen LogP contribution in [-0.4, -0.2) is 43.3 Å². The minimum absolute atomic E-state index is 0.105. The summed E-state index contributed by atoms with van der Waals surface area (Å²) in [7, 11) is 0. The quantitative estimate of drug-likeness (QED) is 0.115. The fraction of sp³-hybridized carbons (Fsp3) is 0.303. The molecule has 11 heteroatoms. The number of ether oxygens (including phenoxy) is 2. The molecule has 1 unspecified atom stereocenters. The minimum Gasteiger partial charge on any atom is -0.489 e. The van der Waals surface area contributed by atoms with Gasteiger partial charge < -0.3 is 14.0 Å². The summed E-state index contributed by atoms with van der Waals surface area (Å²) >= 11 is 0. The van der Waals surface area contributed by atoms with E-state index in [-0.39, 0.29) is 18.7 Å². The fourth-order valence-electron chi connectivity index (χ4n) is 4.86. The molecule has 11 nitrogen and oxygen atoms in total.